The molecule has 0 aliphatic heterocycles. The van der Waals surface area contributed by atoms with E-state index in [4.69, 9.17) is 9.84 Å². The number of sulfonamides is 1. The molecule has 0 saturated heterocycles. The number of nitrogens with one attached hydrogen (secondary N) is 2. The zero-order chi connectivity index (χ0) is 19.3. The Morgan fingerprint density at radius 1 is 1.28 bits per heavy atom. The van der Waals surface area contributed by atoms with Crippen LogP contribution in [0.3, 0.4) is 0 Å². The second-order valence-corrected chi connectivity index (χ2v) is 8.52. The lowest BCUT2D eigenvalue weighted by molar-refractivity contribution is -0.139. The molecule has 8 nitrogen and oxygen atoms in total. The summed E-state index contributed by atoms with van der Waals surface area (Å²) in [5, 5.41) is 11.3. The standard InChI is InChI=1S/C16H24N2O6S/c1-16(2,3)14(18-25(4,22)23)15(21)17-9-11-6-5-7-12(8-11)24-10-13(19)20/h5-8,14,18H,9-10H2,1-4H3,(H,17,21)(H,19,20). The van der Waals surface area contributed by atoms with Gasteiger partial charge in [-0.3, -0.25) is 4.79 Å². The van der Waals surface area contributed by atoms with E-state index < -0.39 is 40.0 Å². The molecule has 1 rings (SSSR count). The van der Waals surface area contributed by atoms with Gasteiger partial charge in [-0.2, -0.15) is 0 Å². The van der Waals surface area contributed by atoms with E-state index >= 15 is 0 Å². The first-order valence-electron chi connectivity index (χ1n) is 7.57. The van der Waals surface area contributed by atoms with E-state index in [1.165, 1.54) is 0 Å². The van der Waals surface area contributed by atoms with E-state index in [9.17, 15) is 18.0 Å². The highest BCUT2D eigenvalue weighted by Gasteiger charge is 2.33. The molecule has 25 heavy (non-hydrogen) atoms. The van der Waals surface area contributed by atoms with Crippen LogP contribution in [0.25, 0.3) is 0 Å². The Morgan fingerprint density at radius 3 is 2.44 bits per heavy atom. The van der Waals surface area contributed by atoms with Gasteiger partial charge < -0.3 is 15.2 Å². The summed E-state index contributed by atoms with van der Waals surface area (Å²) in [5.74, 6) is -1.16. The van der Waals surface area contributed by atoms with Gasteiger partial charge in [-0.1, -0.05) is 32.9 Å². The molecule has 0 fully saturated rings. The van der Waals surface area contributed by atoms with Crippen LogP contribution in [0.1, 0.15) is 26.3 Å². The number of hydrogen-bond acceptors (Lipinski definition) is 5. The summed E-state index contributed by atoms with van der Waals surface area (Å²) < 4.78 is 30.4. The van der Waals surface area contributed by atoms with Crippen LogP contribution in [0, 0.1) is 5.41 Å². The first-order valence-corrected chi connectivity index (χ1v) is 9.46. The molecule has 0 saturated carbocycles. The molecule has 9 heteroatoms. The van der Waals surface area contributed by atoms with E-state index in [-0.39, 0.29) is 6.54 Å². The Hall–Kier alpha value is -2.13. The molecule has 0 aromatic heterocycles. The van der Waals surface area contributed by atoms with Gasteiger partial charge in [0.1, 0.15) is 11.8 Å². The predicted octanol–water partition coefficient (Wildman–Crippen LogP) is 0.730. The lowest BCUT2D eigenvalue weighted by Gasteiger charge is -2.29. The number of rotatable bonds is 8. The van der Waals surface area contributed by atoms with Crippen LogP contribution >= 0.6 is 0 Å². The van der Waals surface area contributed by atoms with Crippen molar-refractivity contribution in [2.45, 2.75) is 33.4 Å². The molecule has 0 aliphatic carbocycles. The predicted molar refractivity (Wildman–Crippen MR) is 92.6 cm³/mol. The lowest BCUT2D eigenvalue weighted by Crippen LogP contribution is -2.53. The molecule has 140 valence electrons. The van der Waals surface area contributed by atoms with Gasteiger partial charge in [0.2, 0.25) is 15.9 Å². The minimum atomic E-state index is -3.54. The van der Waals surface area contributed by atoms with E-state index in [0.717, 1.165) is 6.26 Å². The van der Waals surface area contributed by atoms with Crippen LogP contribution in [0.5, 0.6) is 5.75 Å². The fraction of sp³-hybridized carbons (Fsp3) is 0.500. The van der Waals surface area contributed by atoms with E-state index in [2.05, 4.69) is 10.0 Å². The van der Waals surface area contributed by atoms with Crippen molar-refractivity contribution in [2.24, 2.45) is 5.41 Å². The van der Waals surface area contributed by atoms with Crippen molar-refractivity contribution in [1.29, 1.82) is 0 Å². The maximum Gasteiger partial charge on any atom is 0.341 e. The van der Waals surface area contributed by atoms with Gasteiger partial charge in [0.05, 0.1) is 6.26 Å². The molecule has 1 amide bonds. The molecular weight excluding hydrogens is 348 g/mol. The molecule has 0 radical (unpaired) electrons. The normalized spacial score (nSPS) is 13.1. The van der Waals surface area contributed by atoms with Crippen molar-refractivity contribution in [3.8, 4) is 5.75 Å². The Bertz CT molecular complexity index is 724. The smallest absolute Gasteiger partial charge is 0.341 e. The number of benzene rings is 1. The molecule has 1 aromatic carbocycles. The summed E-state index contributed by atoms with van der Waals surface area (Å²) in [4.78, 5) is 22.9. The maximum atomic E-state index is 12.4. The molecule has 1 atom stereocenters. The topological polar surface area (TPSA) is 122 Å². The number of carbonyl (C=O) groups excluding carboxylic acids is 1. The third kappa shape index (κ3) is 7.99. The average molecular weight is 372 g/mol. The fourth-order valence-corrected chi connectivity index (χ4v) is 2.91. The first kappa shape index (κ1) is 20.9. The number of hydrogen-bond donors (Lipinski definition) is 3. The van der Waals surface area contributed by atoms with Gasteiger partial charge in [0, 0.05) is 6.54 Å². The van der Waals surface area contributed by atoms with Gasteiger partial charge in [-0.25, -0.2) is 17.9 Å². The van der Waals surface area contributed by atoms with Crippen molar-refractivity contribution >= 4 is 21.9 Å². The average Bonchev–Trinajstić information content (AvgIpc) is 2.47. The number of carboxylic acids is 1. The largest absolute Gasteiger partial charge is 0.482 e. The third-order valence-corrected chi connectivity index (χ3v) is 3.85. The van der Waals surface area contributed by atoms with Crippen molar-refractivity contribution in [1.82, 2.24) is 10.0 Å². The van der Waals surface area contributed by atoms with Crippen LogP contribution in [0.15, 0.2) is 24.3 Å². The SMILES string of the molecule is CC(C)(C)C(NS(C)(=O)=O)C(=O)NCc1cccc(OCC(=O)O)c1. The maximum absolute atomic E-state index is 12.4. The monoisotopic (exact) mass is 372 g/mol. The minimum absolute atomic E-state index is 0.154. The van der Waals surface area contributed by atoms with Gasteiger partial charge in [0.15, 0.2) is 6.61 Å². The highest BCUT2D eigenvalue weighted by atomic mass is 32.2. The molecule has 0 bridgehead atoms. The van der Waals surface area contributed by atoms with Crippen molar-refractivity contribution in [2.75, 3.05) is 12.9 Å². The molecule has 3 N–H and O–H groups in total. The quantitative estimate of drug-likeness (QED) is 0.618. The first-order chi connectivity index (χ1) is 11.4. The van der Waals surface area contributed by atoms with Crippen molar-refractivity contribution < 1.29 is 27.9 Å². The number of carboxylic acid groups (broad SMARTS) is 1. The molecule has 0 spiro atoms. The number of amides is 1. The zero-order valence-corrected chi connectivity index (χ0v) is 15.5. The van der Waals surface area contributed by atoms with Gasteiger partial charge >= 0.3 is 5.97 Å². The summed E-state index contributed by atoms with van der Waals surface area (Å²) in [6, 6.07) is 5.71. The van der Waals surface area contributed by atoms with Crippen molar-refractivity contribution in [3.05, 3.63) is 29.8 Å². The minimum Gasteiger partial charge on any atom is -0.482 e. The number of ether oxygens (including phenoxy) is 1. The number of carbonyl (C=O) groups is 2. The van der Waals surface area contributed by atoms with E-state index in [1.807, 2.05) is 0 Å². The molecule has 1 unspecified atom stereocenters. The summed E-state index contributed by atoms with van der Waals surface area (Å²) in [7, 11) is -3.54. The summed E-state index contributed by atoms with van der Waals surface area (Å²) in [5.41, 5.74) is 0.0860. The summed E-state index contributed by atoms with van der Waals surface area (Å²) in [6.07, 6.45) is 1.00. The molecule has 0 aliphatic rings. The Balaban J connectivity index is 2.76. The van der Waals surface area contributed by atoms with Gasteiger partial charge in [-0.05, 0) is 23.1 Å². The number of aliphatic carboxylic acids is 1. The van der Waals surface area contributed by atoms with E-state index in [1.54, 1.807) is 45.0 Å². The fourth-order valence-electron chi connectivity index (χ4n) is 2.02. The van der Waals surface area contributed by atoms with Gasteiger partial charge in [-0.15, -0.1) is 0 Å². The molecule has 1 aromatic rings. The second-order valence-electron chi connectivity index (χ2n) is 6.74. The van der Waals surface area contributed by atoms with E-state index in [0.29, 0.717) is 11.3 Å². The highest BCUT2D eigenvalue weighted by molar-refractivity contribution is 7.88. The van der Waals surface area contributed by atoms with Crippen LogP contribution in [0.2, 0.25) is 0 Å². The molecular formula is C16H24N2O6S. The van der Waals surface area contributed by atoms with Crippen LogP contribution < -0.4 is 14.8 Å². The Kier molecular flexibility index (Phi) is 6.95. The van der Waals surface area contributed by atoms with Gasteiger partial charge in [0.25, 0.3) is 0 Å². The highest BCUT2D eigenvalue weighted by Crippen LogP contribution is 2.20. The van der Waals surface area contributed by atoms with Crippen LogP contribution in [0.4, 0.5) is 0 Å². The molecule has 0 heterocycles. The zero-order valence-electron chi connectivity index (χ0n) is 14.7. The Labute approximate surface area is 147 Å². The third-order valence-electron chi connectivity index (χ3n) is 3.19. The van der Waals surface area contributed by atoms with Crippen molar-refractivity contribution in [3.63, 3.8) is 0 Å². The van der Waals surface area contributed by atoms with Crippen LogP contribution in [-0.2, 0) is 26.2 Å². The lowest BCUT2D eigenvalue weighted by atomic mass is 9.87. The summed E-state index contributed by atoms with van der Waals surface area (Å²) >= 11 is 0. The summed E-state index contributed by atoms with van der Waals surface area (Å²) in [6.45, 7) is 4.97. The second kappa shape index (κ2) is 8.30. The van der Waals surface area contributed by atoms with Crippen LogP contribution in [-0.4, -0.2) is 44.3 Å². The Morgan fingerprint density at radius 2 is 1.92 bits per heavy atom.